The minimum atomic E-state index is -0.205. The van der Waals surface area contributed by atoms with E-state index in [1.807, 2.05) is 25.1 Å². The van der Waals surface area contributed by atoms with Crippen LogP contribution in [-0.2, 0) is 6.54 Å². The Kier molecular flexibility index (Phi) is 4.45. The van der Waals surface area contributed by atoms with Gasteiger partial charge in [0.2, 0.25) is 0 Å². The van der Waals surface area contributed by atoms with Gasteiger partial charge in [-0.15, -0.1) is 0 Å². The zero-order valence-corrected chi connectivity index (χ0v) is 12.7. The zero-order valence-electron chi connectivity index (χ0n) is 9.81. The Bertz CT molecular complexity index is 520. The van der Waals surface area contributed by atoms with Gasteiger partial charge in [-0.25, -0.2) is 4.39 Å². The molecule has 0 unspecified atom stereocenters. The van der Waals surface area contributed by atoms with Gasteiger partial charge in [-0.2, -0.15) is 0 Å². The molecule has 94 valence electrons. The summed E-state index contributed by atoms with van der Waals surface area (Å²) in [4.78, 5) is 0. The van der Waals surface area contributed by atoms with Gasteiger partial charge in [0.05, 0.1) is 10.7 Å². The van der Waals surface area contributed by atoms with E-state index in [2.05, 4.69) is 27.9 Å². The zero-order chi connectivity index (χ0) is 13.1. The van der Waals surface area contributed by atoms with Crippen molar-refractivity contribution in [1.82, 2.24) is 0 Å². The second kappa shape index (κ2) is 5.89. The van der Waals surface area contributed by atoms with Crippen molar-refractivity contribution < 1.29 is 4.39 Å². The van der Waals surface area contributed by atoms with Crippen LogP contribution in [0.2, 0.25) is 5.02 Å². The Balaban J connectivity index is 2.11. The van der Waals surface area contributed by atoms with E-state index in [0.717, 1.165) is 20.4 Å². The summed E-state index contributed by atoms with van der Waals surface area (Å²) in [7, 11) is 0. The SMILES string of the molecule is Cc1cc(F)ccc1CNc1ccc(I)cc1Cl. The predicted molar refractivity (Wildman–Crippen MR) is 82.6 cm³/mol. The fourth-order valence-corrected chi connectivity index (χ4v) is 2.60. The predicted octanol–water partition coefficient (Wildman–Crippen LogP) is 5.00. The molecule has 0 aliphatic heterocycles. The highest BCUT2D eigenvalue weighted by molar-refractivity contribution is 14.1. The van der Waals surface area contributed by atoms with E-state index in [1.54, 1.807) is 6.07 Å². The highest BCUT2D eigenvalue weighted by Crippen LogP contribution is 2.24. The molecule has 2 aromatic carbocycles. The fourth-order valence-electron chi connectivity index (χ4n) is 1.68. The van der Waals surface area contributed by atoms with Gasteiger partial charge in [0.15, 0.2) is 0 Å². The van der Waals surface area contributed by atoms with E-state index in [-0.39, 0.29) is 5.82 Å². The van der Waals surface area contributed by atoms with Crippen LogP contribution in [0.4, 0.5) is 10.1 Å². The van der Waals surface area contributed by atoms with Crippen LogP contribution < -0.4 is 5.32 Å². The molecule has 0 saturated heterocycles. The summed E-state index contributed by atoms with van der Waals surface area (Å²) in [6.07, 6.45) is 0. The summed E-state index contributed by atoms with van der Waals surface area (Å²) < 4.78 is 14.1. The molecule has 0 spiro atoms. The van der Waals surface area contributed by atoms with Crippen LogP contribution in [0, 0.1) is 16.3 Å². The van der Waals surface area contributed by atoms with Crippen LogP contribution in [-0.4, -0.2) is 0 Å². The topological polar surface area (TPSA) is 12.0 Å². The van der Waals surface area contributed by atoms with E-state index >= 15 is 0 Å². The van der Waals surface area contributed by atoms with Crippen molar-refractivity contribution in [2.45, 2.75) is 13.5 Å². The first-order chi connectivity index (χ1) is 8.56. The first-order valence-corrected chi connectivity index (χ1v) is 6.96. The summed E-state index contributed by atoms with van der Waals surface area (Å²) in [6.45, 7) is 2.53. The lowest BCUT2D eigenvalue weighted by Gasteiger charge is -2.10. The number of hydrogen-bond donors (Lipinski definition) is 1. The quantitative estimate of drug-likeness (QED) is 0.744. The number of halogens is 3. The molecule has 0 aliphatic rings. The van der Waals surface area contributed by atoms with Crippen molar-refractivity contribution in [3.63, 3.8) is 0 Å². The second-order valence-electron chi connectivity index (χ2n) is 4.05. The van der Waals surface area contributed by atoms with Gasteiger partial charge in [-0.05, 0) is 71.0 Å². The Labute approximate surface area is 124 Å². The van der Waals surface area contributed by atoms with Crippen LogP contribution in [0.25, 0.3) is 0 Å². The van der Waals surface area contributed by atoms with E-state index in [4.69, 9.17) is 11.6 Å². The van der Waals surface area contributed by atoms with Gasteiger partial charge in [-0.3, -0.25) is 0 Å². The minimum absolute atomic E-state index is 0.205. The van der Waals surface area contributed by atoms with Crippen LogP contribution in [0.5, 0.6) is 0 Å². The van der Waals surface area contributed by atoms with Gasteiger partial charge < -0.3 is 5.32 Å². The Morgan fingerprint density at radius 2 is 2.00 bits per heavy atom. The molecular formula is C14H12ClFIN. The molecule has 2 aromatic rings. The number of anilines is 1. The molecule has 0 amide bonds. The molecule has 0 aromatic heterocycles. The van der Waals surface area contributed by atoms with Crippen LogP contribution >= 0.6 is 34.2 Å². The standard InChI is InChI=1S/C14H12ClFIN/c1-9-6-11(16)3-2-10(9)8-18-14-5-4-12(17)7-13(14)15/h2-7,18H,8H2,1H3. The summed E-state index contributed by atoms with van der Waals surface area (Å²) in [5, 5.41) is 3.95. The van der Waals surface area contributed by atoms with E-state index in [9.17, 15) is 4.39 Å². The molecule has 2 rings (SSSR count). The van der Waals surface area contributed by atoms with Gasteiger partial charge in [0.25, 0.3) is 0 Å². The lowest BCUT2D eigenvalue weighted by atomic mass is 10.1. The summed E-state index contributed by atoms with van der Waals surface area (Å²) >= 11 is 8.35. The molecule has 18 heavy (non-hydrogen) atoms. The molecule has 1 N–H and O–H groups in total. The van der Waals surface area contributed by atoms with Crippen LogP contribution in [0.1, 0.15) is 11.1 Å². The maximum absolute atomic E-state index is 13.0. The van der Waals surface area contributed by atoms with Gasteiger partial charge in [-0.1, -0.05) is 17.7 Å². The molecule has 0 saturated carbocycles. The van der Waals surface area contributed by atoms with Crippen LogP contribution in [0.15, 0.2) is 36.4 Å². The maximum Gasteiger partial charge on any atom is 0.123 e. The molecule has 0 bridgehead atoms. The van der Waals surface area contributed by atoms with Crippen molar-refractivity contribution in [1.29, 1.82) is 0 Å². The molecule has 0 aliphatic carbocycles. The minimum Gasteiger partial charge on any atom is -0.380 e. The maximum atomic E-state index is 13.0. The molecule has 1 nitrogen and oxygen atoms in total. The monoisotopic (exact) mass is 375 g/mol. The number of aryl methyl sites for hydroxylation is 1. The molecule has 0 radical (unpaired) electrons. The smallest absolute Gasteiger partial charge is 0.123 e. The third-order valence-corrected chi connectivity index (χ3v) is 3.69. The average molecular weight is 376 g/mol. The molecule has 0 atom stereocenters. The summed E-state index contributed by atoms with van der Waals surface area (Å²) in [6, 6.07) is 10.6. The fraction of sp³-hybridized carbons (Fsp3) is 0.143. The van der Waals surface area contributed by atoms with Gasteiger partial charge in [0.1, 0.15) is 5.82 Å². The third-order valence-electron chi connectivity index (χ3n) is 2.71. The van der Waals surface area contributed by atoms with Crippen molar-refractivity contribution in [2.24, 2.45) is 0 Å². The van der Waals surface area contributed by atoms with E-state index < -0.39 is 0 Å². The third kappa shape index (κ3) is 3.36. The van der Waals surface area contributed by atoms with Gasteiger partial charge in [0, 0.05) is 10.1 Å². The Morgan fingerprint density at radius 3 is 2.67 bits per heavy atom. The van der Waals surface area contributed by atoms with Crippen molar-refractivity contribution in [3.05, 3.63) is 61.9 Å². The highest BCUT2D eigenvalue weighted by atomic mass is 127. The summed E-state index contributed by atoms with van der Waals surface area (Å²) in [5.41, 5.74) is 2.89. The van der Waals surface area contributed by atoms with Crippen molar-refractivity contribution in [3.8, 4) is 0 Å². The Morgan fingerprint density at radius 1 is 1.22 bits per heavy atom. The first kappa shape index (κ1) is 13.6. The molecular weight excluding hydrogens is 364 g/mol. The first-order valence-electron chi connectivity index (χ1n) is 5.50. The van der Waals surface area contributed by atoms with Gasteiger partial charge >= 0.3 is 0 Å². The van der Waals surface area contributed by atoms with Crippen LogP contribution in [0.3, 0.4) is 0 Å². The molecule has 0 heterocycles. The Hall–Kier alpha value is -0.810. The number of nitrogens with one attached hydrogen (secondary N) is 1. The van der Waals surface area contributed by atoms with Crippen molar-refractivity contribution >= 4 is 39.9 Å². The normalized spacial score (nSPS) is 10.4. The molecule has 4 heteroatoms. The van der Waals surface area contributed by atoms with Crippen molar-refractivity contribution in [2.75, 3.05) is 5.32 Å². The lowest BCUT2D eigenvalue weighted by molar-refractivity contribution is 0.625. The number of benzene rings is 2. The number of hydrogen-bond acceptors (Lipinski definition) is 1. The lowest BCUT2D eigenvalue weighted by Crippen LogP contribution is -2.02. The summed E-state index contributed by atoms with van der Waals surface area (Å²) in [5.74, 6) is -0.205. The largest absolute Gasteiger partial charge is 0.380 e. The molecule has 0 fully saturated rings. The van der Waals surface area contributed by atoms with E-state index in [1.165, 1.54) is 12.1 Å². The van der Waals surface area contributed by atoms with E-state index in [0.29, 0.717) is 11.6 Å². The number of rotatable bonds is 3. The second-order valence-corrected chi connectivity index (χ2v) is 5.70. The average Bonchev–Trinajstić information content (AvgIpc) is 2.30. The highest BCUT2D eigenvalue weighted by Gasteiger charge is 2.03.